The number of fused-ring (bicyclic) bond motifs is 2. The van der Waals surface area contributed by atoms with Gasteiger partial charge in [-0.2, -0.15) is 5.10 Å². The molecule has 6 nitrogen and oxygen atoms in total. The number of rotatable bonds is 9. The molecule has 0 radical (unpaired) electrons. The van der Waals surface area contributed by atoms with Gasteiger partial charge in [0.25, 0.3) is 5.91 Å². The molecule has 1 amide bonds. The van der Waals surface area contributed by atoms with Crippen molar-refractivity contribution in [3.05, 3.63) is 84.3 Å². The summed E-state index contributed by atoms with van der Waals surface area (Å²) in [5.74, 6) is 1.37. The van der Waals surface area contributed by atoms with Crippen LogP contribution in [0.5, 0.6) is 0 Å². The number of nitrogens with one attached hydrogen (secondary N) is 3. The highest BCUT2D eigenvalue weighted by molar-refractivity contribution is 8.02. The first-order valence-electron chi connectivity index (χ1n) is 9.92. The lowest BCUT2D eigenvalue weighted by Gasteiger charge is -2.08. The Morgan fingerprint density at radius 1 is 1.13 bits per heavy atom. The number of allylic oxidation sites excluding steroid dienone is 1. The standard InChI is InChI=1S/C24H23N5OS/c1-3-7-16(15-31-12-4-2)14-25-24(30)17-10-11-20-21(13-17)27-23(26-20)22-18-8-5-6-9-19(18)28-29-22/h3-6,8-11,13,15H,1-2,7,12,14H2,(H,25,30)(H,26,27)(H,28,29)/b16-15+. The highest BCUT2D eigenvalue weighted by Gasteiger charge is 2.14. The molecule has 7 heteroatoms. The van der Waals surface area contributed by atoms with Gasteiger partial charge in [0.15, 0.2) is 5.82 Å². The third-order valence-electron chi connectivity index (χ3n) is 4.79. The van der Waals surface area contributed by atoms with E-state index in [2.05, 4.69) is 44.0 Å². The van der Waals surface area contributed by atoms with Crippen molar-refractivity contribution in [3.8, 4) is 11.5 Å². The minimum absolute atomic E-state index is 0.132. The molecular weight excluding hydrogens is 406 g/mol. The van der Waals surface area contributed by atoms with E-state index in [0.717, 1.165) is 45.4 Å². The monoisotopic (exact) mass is 429 g/mol. The van der Waals surface area contributed by atoms with Gasteiger partial charge in [-0.3, -0.25) is 9.89 Å². The highest BCUT2D eigenvalue weighted by atomic mass is 32.2. The number of hydrogen-bond donors (Lipinski definition) is 3. The lowest BCUT2D eigenvalue weighted by molar-refractivity contribution is 0.0957. The van der Waals surface area contributed by atoms with Gasteiger partial charge in [0.1, 0.15) is 5.69 Å². The number of thioether (sulfide) groups is 1. The lowest BCUT2D eigenvalue weighted by Crippen LogP contribution is -2.25. The second kappa shape index (κ2) is 9.49. The van der Waals surface area contributed by atoms with Crippen molar-refractivity contribution in [2.75, 3.05) is 12.3 Å². The lowest BCUT2D eigenvalue weighted by atomic mass is 10.1. The summed E-state index contributed by atoms with van der Waals surface area (Å²) in [5.41, 5.74) is 4.96. The summed E-state index contributed by atoms with van der Waals surface area (Å²) in [6, 6.07) is 13.4. The van der Waals surface area contributed by atoms with Gasteiger partial charge in [-0.25, -0.2) is 4.98 Å². The summed E-state index contributed by atoms with van der Waals surface area (Å²) in [7, 11) is 0. The molecule has 0 saturated carbocycles. The third-order valence-corrected chi connectivity index (χ3v) is 5.71. The number of benzene rings is 2. The smallest absolute Gasteiger partial charge is 0.251 e. The molecule has 2 aromatic heterocycles. The molecule has 3 N–H and O–H groups in total. The van der Waals surface area contributed by atoms with E-state index in [-0.39, 0.29) is 5.91 Å². The Morgan fingerprint density at radius 3 is 2.84 bits per heavy atom. The number of nitrogens with zero attached hydrogens (tertiary/aromatic N) is 2. The van der Waals surface area contributed by atoms with E-state index in [1.54, 1.807) is 17.8 Å². The average molecular weight is 430 g/mol. The molecule has 0 aliphatic rings. The Kier molecular flexibility index (Phi) is 6.33. The summed E-state index contributed by atoms with van der Waals surface area (Å²) in [6.45, 7) is 7.98. The summed E-state index contributed by atoms with van der Waals surface area (Å²) in [5, 5.41) is 13.5. The van der Waals surface area contributed by atoms with Crippen molar-refractivity contribution >= 4 is 39.6 Å². The van der Waals surface area contributed by atoms with Gasteiger partial charge in [0.05, 0.1) is 16.6 Å². The Bertz CT molecular complexity index is 1280. The van der Waals surface area contributed by atoms with Crippen molar-refractivity contribution in [3.63, 3.8) is 0 Å². The number of amides is 1. The van der Waals surface area contributed by atoms with Gasteiger partial charge in [-0.05, 0) is 41.7 Å². The largest absolute Gasteiger partial charge is 0.348 e. The molecular formula is C24H23N5OS. The van der Waals surface area contributed by atoms with E-state index in [1.165, 1.54) is 0 Å². The fourth-order valence-corrected chi connectivity index (χ4v) is 3.93. The molecule has 0 aliphatic heterocycles. The SMILES string of the molecule is C=CCS/C=C(\CC=C)CNC(=O)c1ccc2nc(-c3n[nH]c4ccccc34)[nH]c2c1. The molecule has 0 bridgehead atoms. The van der Waals surface area contributed by atoms with Crippen molar-refractivity contribution in [2.24, 2.45) is 0 Å². The van der Waals surface area contributed by atoms with Gasteiger partial charge in [0.2, 0.25) is 0 Å². The van der Waals surface area contributed by atoms with E-state index in [9.17, 15) is 4.79 Å². The maximum atomic E-state index is 12.7. The third kappa shape index (κ3) is 4.62. The number of aromatic amines is 2. The van der Waals surface area contributed by atoms with Crippen LogP contribution in [-0.4, -0.2) is 38.4 Å². The van der Waals surface area contributed by atoms with Crippen LogP contribution in [-0.2, 0) is 0 Å². The average Bonchev–Trinajstić information content (AvgIpc) is 3.40. The fraction of sp³-hybridized carbons (Fsp3) is 0.125. The molecule has 0 fully saturated rings. The molecule has 2 heterocycles. The van der Waals surface area contributed by atoms with Crippen LogP contribution >= 0.6 is 11.8 Å². The Hall–Kier alpha value is -3.58. The molecule has 156 valence electrons. The predicted molar refractivity (Wildman–Crippen MR) is 129 cm³/mol. The molecule has 0 saturated heterocycles. The zero-order valence-corrected chi connectivity index (χ0v) is 17.8. The topological polar surface area (TPSA) is 86.5 Å². The normalized spacial score (nSPS) is 11.7. The van der Waals surface area contributed by atoms with Crippen LogP contribution in [0.3, 0.4) is 0 Å². The van der Waals surface area contributed by atoms with Crippen LogP contribution < -0.4 is 5.32 Å². The first-order chi connectivity index (χ1) is 15.2. The minimum atomic E-state index is -0.132. The second-order valence-corrected chi connectivity index (χ2v) is 7.91. The van der Waals surface area contributed by atoms with Crippen molar-refractivity contribution in [2.45, 2.75) is 6.42 Å². The van der Waals surface area contributed by atoms with Crippen LogP contribution in [0.2, 0.25) is 0 Å². The Morgan fingerprint density at radius 2 is 2.00 bits per heavy atom. The number of H-pyrrole nitrogens is 2. The number of hydrogen-bond acceptors (Lipinski definition) is 4. The molecule has 2 aromatic carbocycles. The van der Waals surface area contributed by atoms with Crippen molar-refractivity contribution < 1.29 is 4.79 Å². The molecule has 0 aliphatic carbocycles. The van der Waals surface area contributed by atoms with Crippen molar-refractivity contribution in [1.82, 2.24) is 25.5 Å². The van der Waals surface area contributed by atoms with Gasteiger partial charge in [0, 0.05) is 23.2 Å². The first-order valence-corrected chi connectivity index (χ1v) is 11.0. The Balaban J connectivity index is 1.52. The summed E-state index contributed by atoms with van der Waals surface area (Å²) in [6.07, 6.45) is 4.42. The zero-order chi connectivity index (χ0) is 21.6. The summed E-state index contributed by atoms with van der Waals surface area (Å²) < 4.78 is 0. The van der Waals surface area contributed by atoms with Crippen LogP contribution in [0, 0.1) is 0 Å². The van der Waals surface area contributed by atoms with Gasteiger partial charge in [-0.15, -0.1) is 24.9 Å². The number of carbonyl (C=O) groups is 1. The number of aromatic nitrogens is 4. The molecule has 0 atom stereocenters. The van der Waals surface area contributed by atoms with Gasteiger partial charge < -0.3 is 10.3 Å². The fourth-order valence-electron chi connectivity index (χ4n) is 3.28. The van der Waals surface area contributed by atoms with Gasteiger partial charge in [-0.1, -0.05) is 30.4 Å². The van der Waals surface area contributed by atoms with Gasteiger partial charge >= 0.3 is 0 Å². The summed E-state index contributed by atoms with van der Waals surface area (Å²) in [4.78, 5) is 20.6. The highest BCUT2D eigenvalue weighted by Crippen LogP contribution is 2.26. The van der Waals surface area contributed by atoms with E-state index < -0.39 is 0 Å². The Labute approximate surface area is 184 Å². The van der Waals surface area contributed by atoms with E-state index >= 15 is 0 Å². The summed E-state index contributed by atoms with van der Waals surface area (Å²) >= 11 is 1.65. The van der Waals surface area contributed by atoms with E-state index in [1.807, 2.05) is 48.6 Å². The second-order valence-electron chi connectivity index (χ2n) is 7.01. The van der Waals surface area contributed by atoms with E-state index in [0.29, 0.717) is 17.9 Å². The molecule has 4 rings (SSSR count). The van der Waals surface area contributed by atoms with Crippen LogP contribution in [0.25, 0.3) is 33.5 Å². The minimum Gasteiger partial charge on any atom is -0.348 e. The number of carbonyl (C=O) groups excluding carboxylic acids is 1. The number of para-hydroxylation sites is 1. The molecule has 0 unspecified atom stereocenters. The first kappa shape index (κ1) is 20.7. The zero-order valence-electron chi connectivity index (χ0n) is 17.0. The van der Waals surface area contributed by atoms with Crippen LogP contribution in [0.4, 0.5) is 0 Å². The number of imidazole rings is 1. The van der Waals surface area contributed by atoms with Crippen molar-refractivity contribution in [1.29, 1.82) is 0 Å². The van der Waals surface area contributed by atoms with Crippen LogP contribution in [0.1, 0.15) is 16.8 Å². The molecule has 4 aromatic rings. The molecule has 31 heavy (non-hydrogen) atoms. The molecule has 0 spiro atoms. The van der Waals surface area contributed by atoms with Crippen LogP contribution in [0.15, 0.2) is 78.8 Å². The quantitative estimate of drug-likeness (QED) is 0.252. The predicted octanol–water partition coefficient (Wildman–Crippen LogP) is 5.22. The van der Waals surface area contributed by atoms with E-state index in [4.69, 9.17) is 0 Å². The maximum Gasteiger partial charge on any atom is 0.251 e. The maximum absolute atomic E-state index is 12.7.